The van der Waals surface area contributed by atoms with E-state index in [-0.39, 0.29) is 11.6 Å². The summed E-state index contributed by atoms with van der Waals surface area (Å²) in [6.45, 7) is 0.665. The Bertz CT molecular complexity index is 608. The topological polar surface area (TPSA) is 88.2 Å². The Labute approximate surface area is 114 Å². The number of hydrogen-bond acceptors (Lipinski definition) is 5. The lowest BCUT2D eigenvalue weighted by atomic mass is 10.3. The van der Waals surface area contributed by atoms with Crippen molar-refractivity contribution in [3.8, 4) is 0 Å². The molecule has 0 aliphatic heterocycles. The molecule has 0 atom stereocenters. The van der Waals surface area contributed by atoms with Crippen LogP contribution in [-0.4, -0.2) is 26.2 Å². The van der Waals surface area contributed by atoms with Crippen LogP contribution in [0.5, 0.6) is 0 Å². The van der Waals surface area contributed by atoms with Gasteiger partial charge in [0, 0.05) is 0 Å². The van der Waals surface area contributed by atoms with Gasteiger partial charge < -0.3 is 13.7 Å². The molecule has 0 aliphatic carbocycles. The number of aromatic amines is 1. The van der Waals surface area contributed by atoms with Crippen LogP contribution in [-0.2, 0) is 13.1 Å². The number of hydrogen-bond donors (Lipinski definition) is 1. The summed E-state index contributed by atoms with van der Waals surface area (Å²) in [5.74, 6) is 1.13. The van der Waals surface area contributed by atoms with E-state index in [1.807, 2.05) is 12.1 Å². The van der Waals surface area contributed by atoms with Gasteiger partial charge in [-0.15, -0.1) is 0 Å². The zero-order valence-corrected chi connectivity index (χ0v) is 10.5. The minimum Gasteiger partial charge on any atom is -0.467 e. The molecule has 7 nitrogen and oxygen atoms in total. The van der Waals surface area contributed by atoms with E-state index in [0.29, 0.717) is 24.6 Å². The molecule has 20 heavy (non-hydrogen) atoms. The SMILES string of the molecule is O=C(c1cn[nH]n1)N(Cc1ccco1)Cc1ccco1. The highest BCUT2D eigenvalue weighted by Gasteiger charge is 2.20. The monoisotopic (exact) mass is 272 g/mol. The molecule has 0 saturated carbocycles. The highest BCUT2D eigenvalue weighted by atomic mass is 16.3. The van der Waals surface area contributed by atoms with Gasteiger partial charge in [-0.05, 0) is 24.3 Å². The van der Waals surface area contributed by atoms with Gasteiger partial charge in [0.2, 0.25) is 0 Å². The number of aromatic nitrogens is 3. The minimum absolute atomic E-state index is 0.244. The number of rotatable bonds is 5. The maximum Gasteiger partial charge on any atom is 0.276 e. The van der Waals surface area contributed by atoms with Crippen LogP contribution in [0, 0.1) is 0 Å². The highest BCUT2D eigenvalue weighted by Crippen LogP contribution is 2.13. The normalized spacial score (nSPS) is 10.6. The van der Waals surface area contributed by atoms with E-state index in [1.165, 1.54) is 6.20 Å². The molecule has 0 bridgehead atoms. The Morgan fingerprint density at radius 2 is 1.80 bits per heavy atom. The van der Waals surface area contributed by atoms with E-state index in [2.05, 4.69) is 15.4 Å². The number of amides is 1. The van der Waals surface area contributed by atoms with Crippen LogP contribution in [0.15, 0.2) is 51.8 Å². The summed E-state index contributed by atoms with van der Waals surface area (Å²) in [6.07, 6.45) is 4.53. The fraction of sp³-hybridized carbons (Fsp3) is 0.154. The average molecular weight is 272 g/mol. The van der Waals surface area contributed by atoms with Crippen molar-refractivity contribution in [3.63, 3.8) is 0 Å². The number of furan rings is 2. The quantitative estimate of drug-likeness (QED) is 0.765. The van der Waals surface area contributed by atoms with Crippen molar-refractivity contribution < 1.29 is 13.6 Å². The van der Waals surface area contributed by atoms with Crippen LogP contribution in [0.3, 0.4) is 0 Å². The lowest BCUT2D eigenvalue weighted by Crippen LogP contribution is -2.30. The lowest BCUT2D eigenvalue weighted by molar-refractivity contribution is 0.0698. The smallest absolute Gasteiger partial charge is 0.276 e. The van der Waals surface area contributed by atoms with Gasteiger partial charge in [-0.25, -0.2) is 0 Å². The second-order valence-electron chi connectivity index (χ2n) is 4.18. The van der Waals surface area contributed by atoms with Gasteiger partial charge in [0.1, 0.15) is 11.5 Å². The molecule has 3 aromatic rings. The molecule has 0 unspecified atom stereocenters. The molecular formula is C13H12N4O3. The maximum atomic E-state index is 12.4. The molecule has 7 heteroatoms. The zero-order valence-electron chi connectivity index (χ0n) is 10.5. The third kappa shape index (κ3) is 2.61. The van der Waals surface area contributed by atoms with Crippen LogP contribution in [0.4, 0.5) is 0 Å². The summed E-state index contributed by atoms with van der Waals surface area (Å²) in [5, 5.41) is 9.89. The van der Waals surface area contributed by atoms with E-state index in [0.717, 1.165) is 0 Å². The fourth-order valence-corrected chi connectivity index (χ4v) is 1.85. The Balaban J connectivity index is 1.81. The van der Waals surface area contributed by atoms with Gasteiger partial charge in [-0.1, -0.05) is 0 Å². The predicted molar refractivity (Wildman–Crippen MR) is 67.4 cm³/mol. The third-order valence-corrected chi connectivity index (χ3v) is 2.77. The Morgan fingerprint density at radius 1 is 1.15 bits per heavy atom. The van der Waals surface area contributed by atoms with Crippen molar-refractivity contribution >= 4 is 5.91 Å². The summed E-state index contributed by atoms with van der Waals surface area (Å²) in [5.41, 5.74) is 0.253. The van der Waals surface area contributed by atoms with Crippen molar-refractivity contribution in [2.24, 2.45) is 0 Å². The largest absolute Gasteiger partial charge is 0.467 e. The van der Waals surface area contributed by atoms with E-state index >= 15 is 0 Å². The van der Waals surface area contributed by atoms with Crippen LogP contribution in [0.2, 0.25) is 0 Å². The number of H-pyrrole nitrogens is 1. The maximum absolute atomic E-state index is 12.4. The molecule has 102 valence electrons. The third-order valence-electron chi connectivity index (χ3n) is 2.77. The highest BCUT2D eigenvalue weighted by molar-refractivity contribution is 5.91. The Morgan fingerprint density at radius 3 is 2.25 bits per heavy atom. The summed E-state index contributed by atoms with van der Waals surface area (Å²) in [7, 11) is 0. The van der Waals surface area contributed by atoms with Crippen LogP contribution >= 0.6 is 0 Å². The second kappa shape index (κ2) is 5.43. The fourth-order valence-electron chi connectivity index (χ4n) is 1.85. The number of carbonyl (C=O) groups is 1. The summed E-state index contributed by atoms with van der Waals surface area (Å²) in [6, 6.07) is 7.18. The summed E-state index contributed by atoms with van der Waals surface area (Å²) < 4.78 is 10.6. The molecule has 0 aliphatic rings. The van der Waals surface area contributed by atoms with Crippen molar-refractivity contribution in [1.29, 1.82) is 0 Å². The van der Waals surface area contributed by atoms with Crippen LogP contribution in [0.25, 0.3) is 0 Å². The van der Waals surface area contributed by atoms with Gasteiger partial charge in [0.15, 0.2) is 5.69 Å². The van der Waals surface area contributed by atoms with Gasteiger partial charge in [-0.2, -0.15) is 15.4 Å². The molecule has 1 N–H and O–H groups in total. The van der Waals surface area contributed by atoms with E-state index in [9.17, 15) is 4.79 Å². The van der Waals surface area contributed by atoms with E-state index in [4.69, 9.17) is 8.83 Å². The Kier molecular flexibility index (Phi) is 3.32. The van der Waals surface area contributed by atoms with Crippen LogP contribution < -0.4 is 0 Å². The number of nitrogens with zero attached hydrogens (tertiary/aromatic N) is 3. The van der Waals surface area contributed by atoms with E-state index < -0.39 is 0 Å². The molecule has 0 spiro atoms. The first-order valence-corrected chi connectivity index (χ1v) is 6.03. The summed E-state index contributed by atoms with van der Waals surface area (Å²) >= 11 is 0. The van der Waals surface area contributed by atoms with Crippen molar-refractivity contribution in [1.82, 2.24) is 20.3 Å². The van der Waals surface area contributed by atoms with Gasteiger partial charge in [-0.3, -0.25) is 4.79 Å². The molecule has 0 fully saturated rings. The molecule has 0 radical (unpaired) electrons. The first kappa shape index (κ1) is 12.2. The predicted octanol–water partition coefficient (Wildman–Crippen LogP) is 1.83. The summed E-state index contributed by atoms with van der Waals surface area (Å²) in [4.78, 5) is 14.0. The first-order valence-electron chi connectivity index (χ1n) is 6.03. The standard InChI is InChI=1S/C13H12N4O3/c18-13(12-7-14-16-15-12)17(8-10-3-1-5-19-10)9-11-4-2-6-20-11/h1-7H,8-9H2,(H,14,15,16). The Hall–Kier alpha value is -2.83. The van der Waals surface area contributed by atoms with Crippen molar-refractivity contribution in [2.75, 3.05) is 0 Å². The van der Waals surface area contributed by atoms with Gasteiger partial charge >= 0.3 is 0 Å². The first-order chi connectivity index (χ1) is 9.83. The minimum atomic E-state index is -0.244. The average Bonchev–Trinajstić information content (AvgIpc) is 3.20. The molecule has 0 aromatic carbocycles. The second-order valence-corrected chi connectivity index (χ2v) is 4.18. The van der Waals surface area contributed by atoms with Crippen molar-refractivity contribution in [3.05, 3.63) is 60.2 Å². The molecule has 3 rings (SSSR count). The molecular weight excluding hydrogens is 260 g/mol. The van der Waals surface area contributed by atoms with Crippen LogP contribution in [0.1, 0.15) is 22.0 Å². The van der Waals surface area contributed by atoms with Gasteiger partial charge in [0.05, 0.1) is 31.8 Å². The molecule has 1 amide bonds. The van der Waals surface area contributed by atoms with Crippen molar-refractivity contribution in [2.45, 2.75) is 13.1 Å². The molecule has 3 aromatic heterocycles. The molecule has 0 saturated heterocycles. The zero-order chi connectivity index (χ0) is 13.8. The van der Waals surface area contributed by atoms with E-state index in [1.54, 1.807) is 29.6 Å². The molecule has 3 heterocycles. The number of carbonyl (C=O) groups excluding carboxylic acids is 1. The lowest BCUT2D eigenvalue weighted by Gasteiger charge is -2.19. The van der Waals surface area contributed by atoms with Gasteiger partial charge in [0.25, 0.3) is 5.91 Å². The number of nitrogens with one attached hydrogen (secondary N) is 1.